The van der Waals surface area contributed by atoms with Crippen LogP contribution < -0.4 is 10.2 Å². The summed E-state index contributed by atoms with van der Waals surface area (Å²) in [6, 6.07) is 14.1. The fourth-order valence-corrected chi connectivity index (χ4v) is 3.76. The highest BCUT2D eigenvalue weighted by Gasteiger charge is 2.29. The topological polar surface area (TPSA) is 48.5 Å². The van der Waals surface area contributed by atoms with Crippen LogP contribution >= 0.6 is 0 Å². The molecule has 4 rings (SSSR count). The maximum Gasteiger partial charge on any atom is 0.254 e. The van der Waals surface area contributed by atoms with Crippen molar-refractivity contribution in [1.29, 1.82) is 0 Å². The van der Waals surface area contributed by atoms with Gasteiger partial charge < -0.3 is 15.1 Å². The fraction of sp³-hybridized carbons (Fsp3) is 0.400. The molecule has 0 radical (unpaired) electrons. The number of amides is 1. The molecule has 2 aromatic rings. The Morgan fingerprint density at radius 3 is 2.68 bits per heavy atom. The lowest BCUT2D eigenvalue weighted by molar-refractivity contribution is 0.0634. The van der Waals surface area contributed by atoms with Crippen LogP contribution in [0.2, 0.25) is 0 Å². The molecule has 0 unspecified atom stereocenters. The van der Waals surface area contributed by atoms with Gasteiger partial charge in [0.15, 0.2) is 0 Å². The zero-order valence-electron chi connectivity index (χ0n) is 14.4. The van der Waals surface area contributed by atoms with E-state index in [1.807, 2.05) is 35.2 Å². The highest BCUT2D eigenvalue weighted by molar-refractivity contribution is 5.95. The molecule has 0 aliphatic carbocycles. The predicted octanol–water partition coefficient (Wildman–Crippen LogP) is 2.47. The third-order valence-electron chi connectivity index (χ3n) is 5.11. The van der Waals surface area contributed by atoms with Crippen LogP contribution in [-0.2, 0) is 0 Å². The first-order valence-corrected chi connectivity index (χ1v) is 9.10. The molecule has 5 nitrogen and oxygen atoms in total. The number of rotatable bonds is 3. The molecule has 1 aromatic carbocycles. The zero-order chi connectivity index (χ0) is 17.1. The minimum Gasteiger partial charge on any atom is -0.357 e. The number of nitrogens with zero attached hydrogens (tertiary/aromatic N) is 3. The van der Waals surface area contributed by atoms with Crippen molar-refractivity contribution in [3.8, 4) is 0 Å². The molecule has 5 heteroatoms. The van der Waals surface area contributed by atoms with Crippen molar-refractivity contribution in [3.63, 3.8) is 0 Å². The Labute approximate surface area is 148 Å². The SMILES string of the molecule is O=C(c1ccnc(N2CCCC2)c1)N1CCNC[C@H]1c1ccccc1. The molecule has 1 atom stereocenters. The fourth-order valence-electron chi connectivity index (χ4n) is 3.76. The lowest BCUT2D eigenvalue weighted by Gasteiger charge is -2.36. The third-order valence-corrected chi connectivity index (χ3v) is 5.11. The number of nitrogens with one attached hydrogen (secondary N) is 1. The van der Waals surface area contributed by atoms with E-state index in [1.165, 1.54) is 18.4 Å². The number of hydrogen-bond acceptors (Lipinski definition) is 4. The van der Waals surface area contributed by atoms with E-state index >= 15 is 0 Å². The van der Waals surface area contributed by atoms with Crippen LogP contribution in [-0.4, -0.2) is 48.5 Å². The van der Waals surface area contributed by atoms with Crippen molar-refractivity contribution in [1.82, 2.24) is 15.2 Å². The zero-order valence-corrected chi connectivity index (χ0v) is 14.4. The van der Waals surface area contributed by atoms with Crippen LogP contribution in [0, 0.1) is 0 Å². The minimum atomic E-state index is 0.0749. The molecule has 1 aromatic heterocycles. The number of piperazine rings is 1. The highest BCUT2D eigenvalue weighted by Crippen LogP contribution is 2.25. The number of hydrogen-bond donors (Lipinski definition) is 1. The standard InChI is InChI=1S/C20H24N4O/c25-20(17-8-9-22-19(14-17)23-11-4-5-12-23)24-13-10-21-15-18(24)16-6-2-1-3-7-16/h1-3,6-9,14,18,21H,4-5,10-13,15H2/t18-/m0/s1. The number of carbonyl (C=O) groups excluding carboxylic acids is 1. The van der Waals surface area contributed by atoms with E-state index in [1.54, 1.807) is 6.20 Å². The maximum absolute atomic E-state index is 13.2. The van der Waals surface area contributed by atoms with Crippen molar-refractivity contribution in [2.45, 2.75) is 18.9 Å². The molecular formula is C20H24N4O. The number of aromatic nitrogens is 1. The quantitative estimate of drug-likeness (QED) is 0.935. The molecule has 1 N–H and O–H groups in total. The first-order chi connectivity index (χ1) is 12.3. The van der Waals surface area contributed by atoms with Crippen LogP contribution in [0.5, 0.6) is 0 Å². The van der Waals surface area contributed by atoms with Crippen LogP contribution in [0.15, 0.2) is 48.7 Å². The summed E-state index contributed by atoms with van der Waals surface area (Å²) >= 11 is 0. The van der Waals surface area contributed by atoms with Gasteiger partial charge in [-0.05, 0) is 30.5 Å². The molecule has 2 fully saturated rings. The van der Waals surface area contributed by atoms with Crippen molar-refractivity contribution >= 4 is 11.7 Å². The normalized spacial score (nSPS) is 20.7. The molecule has 0 spiro atoms. The highest BCUT2D eigenvalue weighted by atomic mass is 16.2. The Morgan fingerprint density at radius 2 is 1.88 bits per heavy atom. The van der Waals surface area contributed by atoms with Gasteiger partial charge in [-0.2, -0.15) is 0 Å². The van der Waals surface area contributed by atoms with E-state index in [0.717, 1.165) is 44.1 Å². The average molecular weight is 336 g/mol. The second-order valence-electron chi connectivity index (χ2n) is 6.73. The van der Waals surface area contributed by atoms with Gasteiger partial charge in [0.05, 0.1) is 6.04 Å². The summed E-state index contributed by atoms with van der Waals surface area (Å²) < 4.78 is 0. The van der Waals surface area contributed by atoms with Gasteiger partial charge in [0.2, 0.25) is 0 Å². The van der Waals surface area contributed by atoms with Gasteiger partial charge in [0.1, 0.15) is 5.82 Å². The van der Waals surface area contributed by atoms with E-state index in [-0.39, 0.29) is 11.9 Å². The molecular weight excluding hydrogens is 312 g/mol. The lowest BCUT2D eigenvalue weighted by atomic mass is 10.0. The number of pyridine rings is 1. The second kappa shape index (κ2) is 7.23. The molecule has 0 saturated carbocycles. The average Bonchev–Trinajstić information content (AvgIpc) is 3.23. The molecule has 2 saturated heterocycles. The van der Waals surface area contributed by atoms with Crippen LogP contribution in [0.3, 0.4) is 0 Å². The minimum absolute atomic E-state index is 0.0749. The summed E-state index contributed by atoms with van der Waals surface area (Å²) in [5, 5.41) is 3.41. The Kier molecular flexibility index (Phi) is 4.65. The van der Waals surface area contributed by atoms with Crippen LogP contribution in [0.25, 0.3) is 0 Å². The Hall–Kier alpha value is -2.40. The molecule has 0 bridgehead atoms. The molecule has 25 heavy (non-hydrogen) atoms. The van der Waals surface area contributed by atoms with Crippen molar-refractivity contribution in [2.75, 3.05) is 37.6 Å². The Morgan fingerprint density at radius 1 is 1.08 bits per heavy atom. The van der Waals surface area contributed by atoms with E-state index in [0.29, 0.717) is 0 Å². The summed E-state index contributed by atoms with van der Waals surface area (Å²) in [5.74, 6) is 1.02. The van der Waals surface area contributed by atoms with E-state index < -0.39 is 0 Å². The molecule has 1 amide bonds. The maximum atomic E-state index is 13.2. The lowest BCUT2D eigenvalue weighted by Crippen LogP contribution is -2.48. The van der Waals surface area contributed by atoms with E-state index in [2.05, 4.69) is 27.3 Å². The van der Waals surface area contributed by atoms with Gasteiger partial charge >= 0.3 is 0 Å². The molecule has 130 valence electrons. The number of benzene rings is 1. The van der Waals surface area contributed by atoms with Crippen molar-refractivity contribution < 1.29 is 4.79 Å². The van der Waals surface area contributed by atoms with Crippen LogP contribution in [0.4, 0.5) is 5.82 Å². The van der Waals surface area contributed by atoms with Crippen LogP contribution in [0.1, 0.15) is 34.8 Å². The van der Waals surface area contributed by atoms with Gasteiger partial charge in [-0.1, -0.05) is 30.3 Å². The van der Waals surface area contributed by atoms with Crippen molar-refractivity contribution in [3.05, 3.63) is 59.8 Å². The monoisotopic (exact) mass is 336 g/mol. The van der Waals surface area contributed by atoms with Gasteiger partial charge in [-0.15, -0.1) is 0 Å². The number of carbonyl (C=O) groups is 1. The summed E-state index contributed by atoms with van der Waals surface area (Å²) in [6.45, 7) is 4.41. The van der Waals surface area contributed by atoms with Gasteiger partial charge in [0, 0.05) is 44.5 Å². The van der Waals surface area contributed by atoms with E-state index in [4.69, 9.17) is 0 Å². The molecule has 2 aliphatic heterocycles. The van der Waals surface area contributed by atoms with Gasteiger partial charge in [-0.25, -0.2) is 4.98 Å². The first-order valence-electron chi connectivity index (χ1n) is 9.10. The van der Waals surface area contributed by atoms with Crippen molar-refractivity contribution in [2.24, 2.45) is 0 Å². The van der Waals surface area contributed by atoms with E-state index in [9.17, 15) is 4.79 Å². The first kappa shape index (κ1) is 16.1. The van der Waals surface area contributed by atoms with Gasteiger partial charge in [0.25, 0.3) is 5.91 Å². The smallest absolute Gasteiger partial charge is 0.254 e. The predicted molar refractivity (Wildman–Crippen MR) is 98.8 cm³/mol. The molecule has 2 aliphatic rings. The third kappa shape index (κ3) is 3.37. The molecule has 3 heterocycles. The summed E-state index contributed by atoms with van der Waals surface area (Å²) in [4.78, 5) is 21.9. The largest absolute Gasteiger partial charge is 0.357 e. The number of anilines is 1. The summed E-state index contributed by atoms with van der Waals surface area (Å²) in [6.07, 6.45) is 4.17. The van der Waals surface area contributed by atoms with Gasteiger partial charge in [-0.3, -0.25) is 4.79 Å². The Bertz CT molecular complexity index is 727. The second-order valence-corrected chi connectivity index (χ2v) is 6.73. The summed E-state index contributed by atoms with van der Waals surface area (Å²) in [5.41, 5.74) is 1.91. The summed E-state index contributed by atoms with van der Waals surface area (Å²) in [7, 11) is 0. The Balaban J connectivity index is 1.59.